The van der Waals surface area contributed by atoms with Crippen LogP contribution in [-0.4, -0.2) is 24.5 Å². The molecule has 1 aromatic rings. The quantitative estimate of drug-likeness (QED) is 0.559. The Balaban J connectivity index is 1.75. The van der Waals surface area contributed by atoms with Crippen molar-refractivity contribution in [3.05, 3.63) is 16.4 Å². The summed E-state index contributed by atoms with van der Waals surface area (Å²) in [5.41, 5.74) is 1.33. The minimum absolute atomic E-state index is 0.577. The molecule has 18 heavy (non-hydrogen) atoms. The van der Waals surface area contributed by atoms with Crippen LogP contribution in [0.1, 0.15) is 18.4 Å². The van der Waals surface area contributed by atoms with E-state index in [0.717, 1.165) is 23.5 Å². The third-order valence-corrected chi connectivity index (χ3v) is 5.58. The zero-order valence-electron chi connectivity index (χ0n) is 11.6. The zero-order chi connectivity index (χ0) is 13.2. The van der Waals surface area contributed by atoms with E-state index in [1.807, 2.05) is 4.68 Å². The maximum atomic E-state index is 5.70. The van der Waals surface area contributed by atoms with Gasteiger partial charge in [-0.15, -0.1) is 0 Å². The predicted molar refractivity (Wildman–Crippen MR) is 80.5 cm³/mol. The molecular formula is C13H23BrN2OSi. The highest BCUT2D eigenvalue weighted by Crippen LogP contribution is 2.34. The second kappa shape index (κ2) is 5.88. The fraction of sp³-hybridized carbons (Fsp3) is 0.769. The van der Waals surface area contributed by atoms with Crippen LogP contribution < -0.4 is 0 Å². The normalized spacial score (nSPS) is 16.2. The molecule has 0 atom stereocenters. The van der Waals surface area contributed by atoms with Crippen LogP contribution in [0.2, 0.25) is 25.7 Å². The second-order valence-corrected chi connectivity index (χ2v) is 12.9. The Kier molecular flexibility index (Phi) is 4.67. The molecule has 1 heterocycles. The fourth-order valence-corrected chi connectivity index (χ4v) is 3.04. The lowest BCUT2D eigenvalue weighted by atomic mass is 10.2. The van der Waals surface area contributed by atoms with E-state index < -0.39 is 8.07 Å². The summed E-state index contributed by atoms with van der Waals surface area (Å²) in [7, 11) is -0.979. The summed E-state index contributed by atoms with van der Waals surface area (Å²) < 4.78 is 8.60. The monoisotopic (exact) mass is 330 g/mol. The van der Waals surface area contributed by atoms with Gasteiger partial charge in [0.05, 0.1) is 0 Å². The fourth-order valence-electron chi connectivity index (χ4n) is 1.81. The van der Waals surface area contributed by atoms with Gasteiger partial charge in [0.1, 0.15) is 11.3 Å². The SMILES string of the molecule is C[Si](C)(C)CCOCn1cc(CC2CC2)c(Br)n1. The lowest BCUT2D eigenvalue weighted by Crippen LogP contribution is -2.22. The van der Waals surface area contributed by atoms with Crippen molar-refractivity contribution in [1.82, 2.24) is 9.78 Å². The number of aromatic nitrogens is 2. The molecule has 1 aromatic heterocycles. The van der Waals surface area contributed by atoms with E-state index in [9.17, 15) is 0 Å². The first kappa shape index (κ1) is 14.3. The molecule has 0 bridgehead atoms. The number of hydrogen-bond acceptors (Lipinski definition) is 2. The molecule has 0 N–H and O–H groups in total. The average molecular weight is 331 g/mol. The van der Waals surface area contributed by atoms with E-state index in [-0.39, 0.29) is 0 Å². The Bertz CT molecular complexity index is 396. The smallest absolute Gasteiger partial charge is 0.139 e. The molecule has 0 unspecified atom stereocenters. The van der Waals surface area contributed by atoms with Gasteiger partial charge in [-0.25, -0.2) is 4.68 Å². The number of halogens is 1. The highest BCUT2D eigenvalue weighted by atomic mass is 79.9. The number of rotatable bonds is 7. The van der Waals surface area contributed by atoms with Crippen LogP contribution in [-0.2, 0) is 17.9 Å². The van der Waals surface area contributed by atoms with Crippen molar-refractivity contribution in [3.8, 4) is 0 Å². The van der Waals surface area contributed by atoms with Crippen LogP contribution in [0.15, 0.2) is 10.8 Å². The van der Waals surface area contributed by atoms with Gasteiger partial charge < -0.3 is 4.74 Å². The summed E-state index contributed by atoms with van der Waals surface area (Å²) in [6, 6.07) is 1.21. The molecule has 3 nitrogen and oxygen atoms in total. The largest absolute Gasteiger partial charge is 0.360 e. The molecule has 0 saturated heterocycles. The summed E-state index contributed by atoms with van der Waals surface area (Å²) in [5.74, 6) is 0.895. The molecule has 1 aliphatic carbocycles. The molecule has 1 fully saturated rings. The van der Waals surface area contributed by atoms with E-state index >= 15 is 0 Å². The van der Waals surface area contributed by atoms with Gasteiger partial charge in [-0.05, 0) is 47.2 Å². The van der Waals surface area contributed by atoms with Crippen LogP contribution >= 0.6 is 15.9 Å². The lowest BCUT2D eigenvalue weighted by molar-refractivity contribution is 0.0783. The minimum atomic E-state index is -0.979. The van der Waals surface area contributed by atoms with E-state index in [4.69, 9.17) is 4.74 Å². The van der Waals surface area contributed by atoms with Gasteiger partial charge in [-0.2, -0.15) is 5.10 Å². The van der Waals surface area contributed by atoms with Gasteiger partial charge in [0.25, 0.3) is 0 Å². The van der Waals surface area contributed by atoms with E-state index in [0.29, 0.717) is 6.73 Å². The van der Waals surface area contributed by atoms with E-state index in [1.165, 1.54) is 24.4 Å². The summed E-state index contributed by atoms with van der Waals surface area (Å²) >= 11 is 3.53. The third-order valence-electron chi connectivity index (χ3n) is 3.21. The average Bonchev–Trinajstić information content (AvgIpc) is 2.99. The van der Waals surface area contributed by atoms with Gasteiger partial charge in [0.2, 0.25) is 0 Å². The molecule has 102 valence electrons. The first-order valence-electron chi connectivity index (χ1n) is 6.73. The van der Waals surface area contributed by atoms with Crippen molar-refractivity contribution in [2.24, 2.45) is 5.92 Å². The molecule has 2 rings (SSSR count). The Morgan fingerprint density at radius 1 is 1.44 bits per heavy atom. The van der Waals surface area contributed by atoms with Crippen molar-refractivity contribution < 1.29 is 4.74 Å². The number of nitrogens with zero attached hydrogens (tertiary/aromatic N) is 2. The van der Waals surface area contributed by atoms with Gasteiger partial charge in [-0.3, -0.25) is 0 Å². The van der Waals surface area contributed by atoms with Crippen LogP contribution in [0.25, 0.3) is 0 Å². The van der Waals surface area contributed by atoms with Crippen LogP contribution in [0.4, 0.5) is 0 Å². The summed E-state index contributed by atoms with van der Waals surface area (Å²) in [6.07, 6.45) is 6.04. The molecular weight excluding hydrogens is 308 g/mol. The highest BCUT2D eigenvalue weighted by Gasteiger charge is 2.23. The molecule has 0 amide bonds. The maximum Gasteiger partial charge on any atom is 0.139 e. The van der Waals surface area contributed by atoms with Gasteiger partial charge in [-0.1, -0.05) is 19.6 Å². The van der Waals surface area contributed by atoms with Gasteiger partial charge in [0.15, 0.2) is 0 Å². The van der Waals surface area contributed by atoms with Crippen molar-refractivity contribution in [2.75, 3.05) is 6.61 Å². The molecule has 0 aliphatic heterocycles. The van der Waals surface area contributed by atoms with Crippen molar-refractivity contribution in [3.63, 3.8) is 0 Å². The summed E-state index contributed by atoms with van der Waals surface area (Å²) in [4.78, 5) is 0. The third kappa shape index (κ3) is 4.86. The molecule has 5 heteroatoms. The maximum absolute atomic E-state index is 5.70. The lowest BCUT2D eigenvalue weighted by Gasteiger charge is -2.15. The number of ether oxygens (including phenoxy) is 1. The zero-order valence-corrected chi connectivity index (χ0v) is 14.2. The molecule has 0 radical (unpaired) electrons. The Hall–Kier alpha value is -0.133. The standard InChI is InChI=1S/C13H23BrN2OSi/c1-18(2,3)7-6-17-10-16-9-12(13(14)15-16)8-11-4-5-11/h9,11H,4-8,10H2,1-3H3. The van der Waals surface area contributed by atoms with Gasteiger partial charge >= 0.3 is 0 Å². The predicted octanol–water partition coefficient (Wildman–Crippen LogP) is 3.91. The van der Waals surface area contributed by atoms with Crippen molar-refractivity contribution in [2.45, 2.75) is 51.7 Å². The topological polar surface area (TPSA) is 27.1 Å². The number of hydrogen-bond donors (Lipinski definition) is 0. The first-order valence-corrected chi connectivity index (χ1v) is 11.2. The Labute approximate surface area is 119 Å². The molecule has 1 saturated carbocycles. The summed E-state index contributed by atoms with van der Waals surface area (Å²) in [5, 5.41) is 4.45. The second-order valence-electron chi connectivity index (χ2n) is 6.48. The highest BCUT2D eigenvalue weighted by molar-refractivity contribution is 9.10. The van der Waals surface area contributed by atoms with Crippen molar-refractivity contribution >= 4 is 24.0 Å². The minimum Gasteiger partial charge on any atom is -0.360 e. The van der Waals surface area contributed by atoms with Crippen LogP contribution in [0.5, 0.6) is 0 Å². The van der Waals surface area contributed by atoms with Crippen molar-refractivity contribution in [1.29, 1.82) is 0 Å². The molecule has 1 aliphatic rings. The molecule has 0 spiro atoms. The molecule has 0 aromatic carbocycles. The van der Waals surface area contributed by atoms with E-state index in [1.54, 1.807) is 0 Å². The van der Waals surface area contributed by atoms with Crippen LogP contribution in [0.3, 0.4) is 0 Å². The van der Waals surface area contributed by atoms with Crippen LogP contribution in [0, 0.1) is 5.92 Å². The van der Waals surface area contributed by atoms with Gasteiger partial charge in [0, 0.05) is 26.4 Å². The Morgan fingerprint density at radius 2 is 2.17 bits per heavy atom. The Morgan fingerprint density at radius 3 is 2.78 bits per heavy atom. The first-order chi connectivity index (χ1) is 8.44. The summed E-state index contributed by atoms with van der Waals surface area (Å²) in [6.45, 7) is 8.54. The van der Waals surface area contributed by atoms with E-state index in [2.05, 4.69) is 46.9 Å².